The summed E-state index contributed by atoms with van der Waals surface area (Å²) >= 11 is 2.93. The Hall–Kier alpha value is -0.680. The average Bonchev–Trinajstić information content (AvgIpc) is 2.29. The zero-order valence-corrected chi connectivity index (χ0v) is 10.8. The van der Waals surface area contributed by atoms with Crippen LogP contribution < -0.4 is 5.32 Å². The number of halogens is 3. The van der Waals surface area contributed by atoms with Gasteiger partial charge >= 0.3 is 0 Å². The Balaban J connectivity index is 2.15. The van der Waals surface area contributed by atoms with E-state index in [-0.39, 0.29) is 16.2 Å². The molecule has 0 bridgehead atoms. The van der Waals surface area contributed by atoms with Crippen LogP contribution in [0.25, 0.3) is 0 Å². The molecule has 2 N–H and O–H groups in total. The SMILES string of the molecule is OC1CCCCC1Nc1cc(F)c(Br)cc1F. The second-order valence-electron chi connectivity index (χ2n) is 4.35. The minimum Gasteiger partial charge on any atom is -0.391 e. The lowest BCUT2D eigenvalue weighted by Gasteiger charge is -2.29. The van der Waals surface area contributed by atoms with E-state index in [0.717, 1.165) is 31.4 Å². The van der Waals surface area contributed by atoms with Gasteiger partial charge in [-0.1, -0.05) is 12.8 Å². The van der Waals surface area contributed by atoms with Crippen molar-refractivity contribution in [3.8, 4) is 0 Å². The lowest BCUT2D eigenvalue weighted by molar-refractivity contribution is 0.116. The molecule has 1 saturated carbocycles. The second-order valence-corrected chi connectivity index (χ2v) is 5.20. The predicted octanol–water partition coefficient (Wildman–Crippen LogP) is 3.44. The van der Waals surface area contributed by atoms with Gasteiger partial charge in [-0.15, -0.1) is 0 Å². The smallest absolute Gasteiger partial charge is 0.147 e. The highest BCUT2D eigenvalue weighted by Gasteiger charge is 2.23. The third kappa shape index (κ3) is 2.96. The van der Waals surface area contributed by atoms with Crippen molar-refractivity contribution >= 4 is 21.6 Å². The number of hydrogen-bond acceptors (Lipinski definition) is 2. The predicted molar refractivity (Wildman–Crippen MR) is 65.9 cm³/mol. The maximum Gasteiger partial charge on any atom is 0.147 e. The molecule has 0 aliphatic heterocycles. The van der Waals surface area contributed by atoms with Crippen molar-refractivity contribution < 1.29 is 13.9 Å². The van der Waals surface area contributed by atoms with Crippen LogP contribution >= 0.6 is 15.9 Å². The van der Waals surface area contributed by atoms with Crippen LogP contribution in [0.15, 0.2) is 16.6 Å². The summed E-state index contributed by atoms with van der Waals surface area (Å²) in [6.45, 7) is 0. The number of aliphatic hydroxyl groups excluding tert-OH is 1. The number of anilines is 1. The van der Waals surface area contributed by atoms with Crippen LogP contribution in [0.3, 0.4) is 0 Å². The van der Waals surface area contributed by atoms with Gasteiger partial charge in [-0.05, 0) is 34.8 Å². The number of rotatable bonds is 2. The van der Waals surface area contributed by atoms with E-state index in [0.29, 0.717) is 6.42 Å². The summed E-state index contributed by atoms with van der Waals surface area (Å²) in [7, 11) is 0. The highest BCUT2D eigenvalue weighted by atomic mass is 79.9. The molecule has 0 radical (unpaired) electrons. The zero-order chi connectivity index (χ0) is 12.4. The normalized spacial score (nSPS) is 24.7. The molecule has 1 aliphatic carbocycles. The monoisotopic (exact) mass is 305 g/mol. The van der Waals surface area contributed by atoms with Crippen molar-refractivity contribution in [3.63, 3.8) is 0 Å². The third-order valence-corrected chi connectivity index (χ3v) is 3.69. The Kier molecular flexibility index (Phi) is 3.99. The Bertz CT molecular complexity index is 414. The minimum atomic E-state index is -0.518. The van der Waals surface area contributed by atoms with E-state index in [1.54, 1.807) is 0 Å². The third-order valence-electron chi connectivity index (χ3n) is 3.08. The molecule has 1 aliphatic rings. The lowest BCUT2D eigenvalue weighted by Crippen LogP contribution is -2.36. The second kappa shape index (κ2) is 5.31. The molecule has 2 unspecified atom stereocenters. The van der Waals surface area contributed by atoms with Crippen LogP contribution in [-0.2, 0) is 0 Å². The van der Waals surface area contributed by atoms with Gasteiger partial charge in [-0.3, -0.25) is 0 Å². The van der Waals surface area contributed by atoms with Crippen LogP contribution in [0.4, 0.5) is 14.5 Å². The van der Waals surface area contributed by atoms with Gasteiger partial charge in [0, 0.05) is 6.07 Å². The summed E-state index contributed by atoms with van der Waals surface area (Å²) in [6.07, 6.45) is 2.97. The van der Waals surface area contributed by atoms with E-state index in [4.69, 9.17) is 0 Å². The number of hydrogen-bond donors (Lipinski definition) is 2. The van der Waals surface area contributed by atoms with Gasteiger partial charge in [-0.25, -0.2) is 8.78 Å². The summed E-state index contributed by atoms with van der Waals surface area (Å²) in [5, 5.41) is 12.6. The van der Waals surface area contributed by atoms with Gasteiger partial charge in [-0.2, -0.15) is 0 Å². The fourth-order valence-electron chi connectivity index (χ4n) is 2.11. The van der Waals surface area contributed by atoms with E-state index in [2.05, 4.69) is 21.2 Å². The first kappa shape index (κ1) is 12.8. The molecule has 1 aromatic carbocycles. The standard InChI is InChI=1S/C12H14BrF2NO/c13-7-5-9(15)11(6-8(7)14)16-10-3-1-2-4-12(10)17/h5-6,10,12,16-17H,1-4H2. The molecule has 94 valence electrons. The molecule has 2 rings (SSSR count). The molecule has 0 spiro atoms. The van der Waals surface area contributed by atoms with Crippen molar-refractivity contribution in [2.24, 2.45) is 0 Å². The van der Waals surface area contributed by atoms with E-state index >= 15 is 0 Å². The first-order chi connectivity index (χ1) is 8.08. The number of benzene rings is 1. The summed E-state index contributed by atoms with van der Waals surface area (Å²) < 4.78 is 27.0. The first-order valence-electron chi connectivity index (χ1n) is 5.67. The van der Waals surface area contributed by atoms with Crippen LogP contribution in [0, 0.1) is 11.6 Å². The highest BCUT2D eigenvalue weighted by Crippen LogP contribution is 2.27. The first-order valence-corrected chi connectivity index (χ1v) is 6.46. The Morgan fingerprint density at radius 2 is 1.88 bits per heavy atom. The lowest BCUT2D eigenvalue weighted by atomic mass is 9.92. The Morgan fingerprint density at radius 3 is 2.59 bits per heavy atom. The molecule has 17 heavy (non-hydrogen) atoms. The molecular formula is C12H14BrF2NO. The molecule has 2 atom stereocenters. The summed E-state index contributed by atoms with van der Waals surface area (Å²) in [5.74, 6) is -1.03. The van der Waals surface area contributed by atoms with E-state index in [9.17, 15) is 13.9 Å². The highest BCUT2D eigenvalue weighted by molar-refractivity contribution is 9.10. The largest absolute Gasteiger partial charge is 0.391 e. The van der Waals surface area contributed by atoms with E-state index in [1.165, 1.54) is 0 Å². The molecule has 0 amide bonds. The van der Waals surface area contributed by atoms with E-state index in [1.807, 2.05) is 0 Å². The quantitative estimate of drug-likeness (QED) is 0.820. The van der Waals surface area contributed by atoms with Crippen molar-refractivity contribution in [3.05, 3.63) is 28.2 Å². The molecule has 1 aromatic rings. The maximum atomic E-state index is 13.6. The van der Waals surface area contributed by atoms with Gasteiger partial charge in [0.15, 0.2) is 0 Å². The molecule has 0 heterocycles. The van der Waals surface area contributed by atoms with Gasteiger partial charge in [0.2, 0.25) is 0 Å². The molecule has 0 saturated heterocycles. The minimum absolute atomic E-state index is 0.102. The van der Waals surface area contributed by atoms with Gasteiger partial charge < -0.3 is 10.4 Å². The number of aliphatic hydroxyl groups is 1. The molecule has 2 nitrogen and oxygen atoms in total. The fraction of sp³-hybridized carbons (Fsp3) is 0.500. The molecule has 0 aromatic heterocycles. The van der Waals surface area contributed by atoms with Crippen molar-refractivity contribution in [2.45, 2.75) is 37.8 Å². The summed E-state index contributed by atoms with van der Waals surface area (Å²) in [5.41, 5.74) is 0.108. The van der Waals surface area contributed by atoms with Crippen LogP contribution in [-0.4, -0.2) is 17.3 Å². The van der Waals surface area contributed by atoms with Gasteiger partial charge in [0.1, 0.15) is 11.6 Å². The Labute approximate surface area is 107 Å². The van der Waals surface area contributed by atoms with Crippen LogP contribution in [0.2, 0.25) is 0 Å². The van der Waals surface area contributed by atoms with Crippen molar-refractivity contribution in [1.29, 1.82) is 0 Å². The zero-order valence-electron chi connectivity index (χ0n) is 9.22. The molecular weight excluding hydrogens is 292 g/mol. The van der Waals surface area contributed by atoms with Gasteiger partial charge in [0.25, 0.3) is 0 Å². The van der Waals surface area contributed by atoms with E-state index < -0.39 is 17.7 Å². The average molecular weight is 306 g/mol. The van der Waals surface area contributed by atoms with Crippen LogP contribution in [0.5, 0.6) is 0 Å². The molecule has 1 fully saturated rings. The Morgan fingerprint density at radius 1 is 1.18 bits per heavy atom. The van der Waals surface area contributed by atoms with Crippen LogP contribution in [0.1, 0.15) is 25.7 Å². The summed E-state index contributed by atoms with van der Waals surface area (Å²) in [4.78, 5) is 0. The fourth-order valence-corrected chi connectivity index (χ4v) is 2.43. The number of nitrogens with one attached hydrogen (secondary N) is 1. The van der Waals surface area contributed by atoms with Crippen molar-refractivity contribution in [2.75, 3.05) is 5.32 Å². The summed E-state index contributed by atoms with van der Waals surface area (Å²) in [6, 6.07) is 2.01. The van der Waals surface area contributed by atoms with Gasteiger partial charge in [0.05, 0.1) is 22.3 Å². The maximum absolute atomic E-state index is 13.6. The topological polar surface area (TPSA) is 32.3 Å². The van der Waals surface area contributed by atoms with Crippen molar-refractivity contribution in [1.82, 2.24) is 0 Å². The molecule has 5 heteroatoms.